The summed E-state index contributed by atoms with van der Waals surface area (Å²) < 4.78 is 7.64. The lowest BCUT2D eigenvalue weighted by molar-refractivity contribution is 0.0601. The number of methoxy groups -OCH3 is 1. The number of hydrogen-bond acceptors (Lipinski definition) is 5. The maximum absolute atomic E-state index is 12.7. The highest BCUT2D eigenvalue weighted by atomic mass is 32.2. The van der Waals surface area contributed by atoms with Crippen molar-refractivity contribution in [2.45, 2.75) is 18.4 Å². The average molecular weight is 386 g/mol. The average Bonchev–Trinajstić information content (AvgIpc) is 3.03. The summed E-state index contributed by atoms with van der Waals surface area (Å²) in [6.45, 7) is 2.67. The van der Waals surface area contributed by atoms with Crippen LogP contribution in [-0.4, -0.2) is 29.8 Å². The van der Waals surface area contributed by atoms with Crippen LogP contribution in [0.2, 0.25) is 0 Å². The van der Waals surface area contributed by atoms with Crippen LogP contribution >= 0.6 is 23.1 Å². The van der Waals surface area contributed by atoms with Crippen molar-refractivity contribution >= 4 is 45.2 Å². The summed E-state index contributed by atoms with van der Waals surface area (Å²) in [6, 6.07) is 12.8. The zero-order chi connectivity index (χ0) is 18.7. The topological polar surface area (TPSA) is 60.7 Å². The van der Waals surface area contributed by atoms with Gasteiger partial charge >= 0.3 is 5.97 Å². The molecule has 0 spiro atoms. The summed E-state index contributed by atoms with van der Waals surface area (Å²) >= 11 is 2.91. The lowest BCUT2D eigenvalue weighted by Crippen LogP contribution is -2.16. The van der Waals surface area contributed by atoms with Gasteiger partial charge in [0.1, 0.15) is 0 Å². The van der Waals surface area contributed by atoms with E-state index in [9.17, 15) is 9.59 Å². The maximum atomic E-state index is 12.7. The van der Waals surface area contributed by atoms with Crippen LogP contribution in [0.25, 0.3) is 10.2 Å². The summed E-state index contributed by atoms with van der Waals surface area (Å²) in [5.74, 6) is -0.649. The Morgan fingerprint density at radius 3 is 2.69 bits per heavy atom. The number of rotatable bonds is 4. The summed E-state index contributed by atoms with van der Waals surface area (Å²) in [6.07, 6.45) is 1.94. The minimum atomic E-state index is -0.383. The highest BCUT2D eigenvalue weighted by Gasteiger charge is 2.13. The Bertz CT molecular complexity index is 1050. The van der Waals surface area contributed by atoms with Gasteiger partial charge in [0.25, 0.3) is 5.91 Å². The van der Waals surface area contributed by atoms with Gasteiger partial charge in [0.2, 0.25) is 0 Å². The van der Waals surface area contributed by atoms with Crippen LogP contribution in [0.3, 0.4) is 0 Å². The number of thioether (sulfide) groups is 1. The van der Waals surface area contributed by atoms with Gasteiger partial charge in [-0.2, -0.15) is 4.99 Å². The zero-order valence-electron chi connectivity index (χ0n) is 14.7. The van der Waals surface area contributed by atoms with E-state index in [2.05, 4.69) is 4.99 Å². The fourth-order valence-corrected chi connectivity index (χ4v) is 4.40. The number of carbonyl (C=O) groups is 2. The molecule has 0 aliphatic heterocycles. The zero-order valence-corrected chi connectivity index (χ0v) is 16.3. The Labute approximate surface area is 159 Å². The molecule has 0 fully saturated rings. The van der Waals surface area contributed by atoms with Gasteiger partial charge in [0, 0.05) is 11.4 Å². The maximum Gasteiger partial charge on any atom is 0.337 e. The van der Waals surface area contributed by atoms with Gasteiger partial charge in [-0.1, -0.05) is 23.5 Å². The molecule has 1 aromatic heterocycles. The van der Waals surface area contributed by atoms with Gasteiger partial charge in [-0.15, -0.1) is 11.8 Å². The molecule has 3 rings (SSSR count). The second kappa shape index (κ2) is 7.88. The van der Waals surface area contributed by atoms with Crippen LogP contribution < -0.4 is 4.80 Å². The lowest BCUT2D eigenvalue weighted by Gasteiger charge is -2.03. The third kappa shape index (κ3) is 3.45. The fraction of sp³-hybridized carbons (Fsp3) is 0.211. The smallest absolute Gasteiger partial charge is 0.337 e. The summed E-state index contributed by atoms with van der Waals surface area (Å²) in [7, 11) is 1.36. The first-order valence-corrected chi connectivity index (χ1v) is 10.1. The molecule has 0 atom stereocenters. The largest absolute Gasteiger partial charge is 0.465 e. The standard InChI is InChI=1S/C19H18N2O3S2/c1-4-21-14-10-9-12(18(23)24-2)11-16(14)26-19(21)20-17(22)13-7-5-6-8-15(13)25-3/h5-11H,4H2,1-3H3. The monoisotopic (exact) mass is 386 g/mol. The number of amides is 1. The van der Waals surface area contributed by atoms with Crippen LogP contribution in [0.5, 0.6) is 0 Å². The Morgan fingerprint density at radius 2 is 2.00 bits per heavy atom. The lowest BCUT2D eigenvalue weighted by atomic mass is 10.2. The van der Waals surface area contributed by atoms with Crippen molar-refractivity contribution in [1.29, 1.82) is 0 Å². The van der Waals surface area contributed by atoms with E-state index in [0.717, 1.165) is 15.1 Å². The number of benzene rings is 2. The minimum Gasteiger partial charge on any atom is -0.465 e. The first-order chi connectivity index (χ1) is 12.6. The highest BCUT2D eigenvalue weighted by Crippen LogP contribution is 2.22. The number of fused-ring (bicyclic) bond motifs is 1. The predicted molar refractivity (Wildman–Crippen MR) is 105 cm³/mol. The van der Waals surface area contributed by atoms with Crippen molar-refractivity contribution in [2.24, 2.45) is 4.99 Å². The second-order valence-electron chi connectivity index (χ2n) is 5.42. The number of thiazole rings is 1. The number of carbonyl (C=O) groups excluding carboxylic acids is 2. The predicted octanol–water partition coefficient (Wildman–Crippen LogP) is 3.97. The van der Waals surface area contributed by atoms with Crippen LogP contribution in [0.4, 0.5) is 0 Å². The molecule has 0 saturated heterocycles. The van der Waals surface area contributed by atoms with Crippen molar-refractivity contribution in [2.75, 3.05) is 13.4 Å². The van der Waals surface area contributed by atoms with Crippen LogP contribution in [0.1, 0.15) is 27.6 Å². The van der Waals surface area contributed by atoms with Crippen LogP contribution in [0, 0.1) is 0 Å². The van der Waals surface area contributed by atoms with Gasteiger partial charge in [-0.25, -0.2) is 4.79 Å². The van der Waals surface area contributed by atoms with Crippen LogP contribution in [-0.2, 0) is 11.3 Å². The van der Waals surface area contributed by atoms with E-state index in [1.165, 1.54) is 30.2 Å². The molecule has 0 unspecified atom stereocenters. The SMILES string of the molecule is CCn1c(=NC(=O)c2ccccc2SC)sc2cc(C(=O)OC)ccc21. The molecule has 7 heteroatoms. The van der Waals surface area contributed by atoms with E-state index >= 15 is 0 Å². The molecule has 3 aromatic rings. The molecular formula is C19H18N2O3S2. The molecule has 0 radical (unpaired) electrons. The van der Waals surface area contributed by atoms with Gasteiger partial charge in [-0.05, 0) is 43.5 Å². The quantitative estimate of drug-likeness (QED) is 0.503. The van der Waals surface area contributed by atoms with E-state index in [1.54, 1.807) is 18.2 Å². The molecular weight excluding hydrogens is 368 g/mol. The molecule has 0 aliphatic rings. The molecule has 0 aliphatic carbocycles. The molecule has 134 valence electrons. The van der Waals surface area contributed by atoms with Gasteiger partial charge in [0.15, 0.2) is 4.80 Å². The number of aryl methyl sites for hydroxylation is 1. The van der Waals surface area contributed by atoms with Crippen molar-refractivity contribution in [3.05, 3.63) is 58.4 Å². The Balaban J connectivity index is 2.13. The van der Waals surface area contributed by atoms with Crippen molar-refractivity contribution < 1.29 is 14.3 Å². The molecule has 1 amide bonds. The van der Waals surface area contributed by atoms with E-state index < -0.39 is 0 Å². The second-order valence-corrected chi connectivity index (χ2v) is 7.28. The molecule has 2 aromatic carbocycles. The van der Waals surface area contributed by atoms with Gasteiger partial charge in [-0.3, -0.25) is 4.79 Å². The summed E-state index contributed by atoms with van der Waals surface area (Å²) in [5, 5.41) is 0. The normalized spacial score (nSPS) is 11.7. The van der Waals surface area contributed by atoms with E-state index in [0.29, 0.717) is 22.5 Å². The Hall–Kier alpha value is -2.38. The third-order valence-corrected chi connectivity index (χ3v) is 5.79. The molecule has 0 bridgehead atoms. The molecule has 26 heavy (non-hydrogen) atoms. The molecule has 0 saturated carbocycles. The molecule has 5 nitrogen and oxygen atoms in total. The van der Waals surface area contributed by atoms with Crippen LogP contribution in [0.15, 0.2) is 52.4 Å². The Morgan fingerprint density at radius 1 is 1.23 bits per heavy atom. The number of esters is 1. The van der Waals surface area contributed by atoms with Gasteiger partial charge < -0.3 is 9.30 Å². The molecule has 0 N–H and O–H groups in total. The third-order valence-electron chi connectivity index (χ3n) is 3.95. The van der Waals surface area contributed by atoms with Crippen molar-refractivity contribution in [1.82, 2.24) is 4.57 Å². The highest BCUT2D eigenvalue weighted by molar-refractivity contribution is 7.98. The minimum absolute atomic E-state index is 0.267. The van der Waals surface area contributed by atoms with Crippen molar-refractivity contribution in [3.63, 3.8) is 0 Å². The van der Waals surface area contributed by atoms with E-state index in [1.807, 2.05) is 42.0 Å². The first-order valence-electron chi connectivity index (χ1n) is 8.02. The van der Waals surface area contributed by atoms with Gasteiger partial charge in [0.05, 0.1) is 28.5 Å². The number of aromatic nitrogens is 1. The van der Waals surface area contributed by atoms with Crippen molar-refractivity contribution in [3.8, 4) is 0 Å². The summed E-state index contributed by atoms with van der Waals surface area (Å²) in [5.41, 5.74) is 2.01. The Kier molecular flexibility index (Phi) is 5.58. The van der Waals surface area contributed by atoms with E-state index in [4.69, 9.17) is 4.74 Å². The fourth-order valence-electron chi connectivity index (χ4n) is 2.68. The number of hydrogen-bond donors (Lipinski definition) is 0. The first kappa shape index (κ1) is 18.4. The number of ether oxygens (including phenoxy) is 1. The molecule has 1 heterocycles. The summed E-state index contributed by atoms with van der Waals surface area (Å²) in [4.78, 5) is 30.3. The number of nitrogens with zero attached hydrogens (tertiary/aromatic N) is 2. The van der Waals surface area contributed by atoms with E-state index in [-0.39, 0.29) is 11.9 Å².